The van der Waals surface area contributed by atoms with Gasteiger partial charge in [0.2, 0.25) is 0 Å². The Morgan fingerprint density at radius 3 is 2.67 bits per heavy atom. The largest absolute Gasteiger partial charge is 0.496 e. The third-order valence-electron chi connectivity index (χ3n) is 3.75. The van der Waals surface area contributed by atoms with Crippen LogP contribution in [0, 0.1) is 0 Å². The van der Waals surface area contributed by atoms with E-state index in [0.717, 1.165) is 18.4 Å². The number of rotatable bonds is 4. The van der Waals surface area contributed by atoms with Gasteiger partial charge in [-0.1, -0.05) is 24.4 Å². The number of hydrogen-bond acceptors (Lipinski definition) is 3. The molecule has 0 radical (unpaired) electrons. The summed E-state index contributed by atoms with van der Waals surface area (Å²) in [5.74, 6) is 0.694. The first kappa shape index (κ1) is 13.7. The van der Waals surface area contributed by atoms with Gasteiger partial charge in [0.05, 0.1) is 18.8 Å². The molecular weight excluding hydrogens is 252 g/mol. The summed E-state index contributed by atoms with van der Waals surface area (Å²) >= 11 is 5.95. The Kier molecular flexibility index (Phi) is 4.15. The molecule has 1 atom stereocenters. The Bertz CT molecular complexity index is 414. The highest BCUT2D eigenvalue weighted by atomic mass is 35.5. The molecule has 4 heteroatoms. The normalized spacial score (nSPS) is 19.8. The lowest BCUT2D eigenvalue weighted by atomic mass is 9.90. The van der Waals surface area contributed by atoms with Crippen LogP contribution in [0.1, 0.15) is 31.2 Å². The molecule has 0 heterocycles. The topological polar surface area (TPSA) is 49.7 Å². The van der Waals surface area contributed by atoms with Crippen LogP contribution in [0.25, 0.3) is 0 Å². The second-order valence-corrected chi connectivity index (χ2v) is 5.42. The summed E-state index contributed by atoms with van der Waals surface area (Å²) < 4.78 is 5.25. The smallest absolute Gasteiger partial charge is 0.122 e. The van der Waals surface area contributed by atoms with Crippen molar-refractivity contribution in [2.75, 3.05) is 7.11 Å². The molecule has 0 aliphatic heterocycles. The monoisotopic (exact) mass is 270 g/mol. The Hall–Kier alpha value is -0.770. The maximum absolute atomic E-state index is 10.3. The number of aliphatic hydroxyl groups is 2. The molecule has 1 aromatic rings. The van der Waals surface area contributed by atoms with Gasteiger partial charge in [0, 0.05) is 11.4 Å². The first-order valence-electron chi connectivity index (χ1n) is 6.28. The van der Waals surface area contributed by atoms with E-state index < -0.39 is 11.7 Å². The van der Waals surface area contributed by atoms with Crippen molar-refractivity contribution in [3.8, 4) is 5.75 Å². The van der Waals surface area contributed by atoms with Gasteiger partial charge in [-0.05, 0) is 36.6 Å². The van der Waals surface area contributed by atoms with E-state index in [1.54, 1.807) is 25.3 Å². The van der Waals surface area contributed by atoms with Crippen molar-refractivity contribution in [2.24, 2.45) is 0 Å². The second-order valence-electron chi connectivity index (χ2n) is 4.99. The quantitative estimate of drug-likeness (QED) is 0.884. The maximum Gasteiger partial charge on any atom is 0.122 e. The first-order chi connectivity index (χ1) is 8.55. The van der Waals surface area contributed by atoms with Gasteiger partial charge in [0.1, 0.15) is 5.75 Å². The standard InChI is InChI=1S/C14H19ClO3/c1-18-12-5-4-11(15)8-10(12)9-13(16)14(17)6-2-3-7-14/h4-5,8,13,16-17H,2-3,6-7,9H2,1H3. The zero-order valence-electron chi connectivity index (χ0n) is 10.5. The van der Waals surface area contributed by atoms with E-state index in [9.17, 15) is 10.2 Å². The predicted molar refractivity (Wildman–Crippen MR) is 71.1 cm³/mol. The highest BCUT2D eigenvalue weighted by Crippen LogP contribution is 2.35. The molecule has 2 rings (SSSR count). The molecule has 0 aromatic heterocycles. The van der Waals surface area contributed by atoms with Crippen molar-refractivity contribution >= 4 is 11.6 Å². The van der Waals surface area contributed by atoms with Crippen LogP contribution in [-0.4, -0.2) is 29.0 Å². The highest BCUT2D eigenvalue weighted by molar-refractivity contribution is 6.30. The Morgan fingerprint density at radius 1 is 1.39 bits per heavy atom. The predicted octanol–water partition coefficient (Wildman–Crippen LogP) is 2.56. The van der Waals surface area contributed by atoms with E-state index in [4.69, 9.17) is 16.3 Å². The van der Waals surface area contributed by atoms with Gasteiger partial charge in [-0.25, -0.2) is 0 Å². The highest BCUT2D eigenvalue weighted by Gasteiger charge is 2.38. The first-order valence-corrected chi connectivity index (χ1v) is 6.66. The van der Waals surface area contributed by atoms with E-state index in [1.165, 1.54) is 0 Å². The van der Waals surface area contributed by atoms with Crippen molar-refractivity contribution in [1.29, 1.82) is 0 Å². The van der Waals surface area contributed by atoms with Crippen molar-refractivity contribution < 1.29 is 14.9 Å². The van der Waals surface area contributed by atoms with Crippen LogP contribution in [-0.2, 0) is 6.42 Å². The Balaban J connectivity index is 2.15. The van der Waals surface area contributed by atoms with E-state index >= 15 is 0 Å². The van der Waals surface area contributed by atoms with Crippen molar-refractivity contribution in [2.45, 2.75) is 43.8 Å². The molecule has 0 spiro atoms. The molecule has 1 saturated carbocycles. The summed E-state index contributed by atoms with van der Waals surface area (Å²) in [5, 5.41) is 21.2. The van der Waals surface area contributed by atoms with Crippen LogP contribution in [0.15, 0.2) is 18.2 Å². The van der Waals surface area contributed by atoms with Crippen molar-refractivity contribution in [3.05, 3.63) is 28.8 Å². The fourth-order valence-corrected chi connectivity index (χ4v) is 2.82. The molecule has 1 aromatic carbocycles. The SMILES string of the molecule is COc1ccc(Cl)cc1CC(O)C1(O)CCCC1. The average molecular weight is 271 g/mol. The third kappa shape index (κ3) is 2.79. The Labute approximate surface area is 112 Å². The maximum atomic E-state index is 10.3. The minimum absolute atomic E-state index is 0.361. The minimum Gasteiger partial charge on any atom is -0.496 e. The zero-order valence-corrected chi connectivity index (χ0v) is 11.3. The fraction of sp³-hybridized carbons (Fsp3) is 0.571. The number of halogens is 1. The molecule has 0 saturated heterocycles. The summed E-state index contributed by atoms with van der Waals surface area (Å²) in [4.78, 5) is 0. The van der Waals surface area contributed by atoms with E-state index in [-0.39, 0.29) is 0 Å². The molecule has 1 unspecified atom stereocenters. The molecule has 2 N–H and O–H groups in total. The van der Waals surface area contributed by atoms with Crippen molar-refractivity contribution in [1.82, 2.24) is 0 Å². The van der Waals surface area contributed by atoms with E-state index in [0.29, 0.717) is 30.0 Å². The zero-order chi connectivity index (χ0) is 13.2. The molecule has 100 valence electrons. The Morgan fingerprint density at radius 2 is 2.06 bits per heavy atom. The lowest BCUT2D eigenvalue weighted by Crippen LogP contribution is -2.40. The number of aliphatic hydroxyl groups excluding tert-OH is 1. The van der Waals surface area contributed by atoms with Gasteiger partial charge in [0.15, 0.2) is 0 Å². The second kappa shape index (κ2) is 5.47. The summed E-state index contributed by atoms with van der Waals surface area (Å²) in [6.45, 7) is 0. The van der Waals surface area contributed by atoms with Gasteiger partial charge in [0.25, 0.3) is 0 Å². The lowest BCUT2D eigenvalue weighted by molar-refractivity contribution is -0.0690. The molecule has 3 nitrogen and oxygen atoms in total. The summed E-state index contributed by atoms with van der Waals surface area (Å²) in [5.41, 5.74) is -0.120. The third-order valence-corrected chi connectivity index (χ3v) is 3.98. The van der Waals surface area contributed by atoms with Gasteiger partial charge in [-0.2, -0.15) is 0 Å². The molecule has 1 fully saturated rings. The average Bonchev–Trinajstić information content (AvgIpc) is 2.78. The van der Waals surface area contributed by atoms with Crippen LogP contribution >= 0.6 is 11.6 Å². The van der Waals surface area contributed by atoms with Gasteiger partial charge < -0.3 is 14.9 Å². The van der Waals surface area contributed by atoms with Crippen LogP contribution in [0.2, 0.25) is 5.02 Å². The molecule has 0 bridgehead atoms. The number of benzene rings is 1. The van der Waals surface area contributed by atoms with Gasteiger partial charge in [-0.15, -0.1) is 0 Å². The van der Waals surface area contributed by atoms with Crippen LogP contribution in [0.4, 0.5) is 0 Å². The molecule has 1 aliphatic rings. The van der Waals surface area contributed by atoms with Gasteiger partial charge >= 0.3 is 0 Å². The van der Waals surface area contributed by atoms with Crippen LogP contribution < -0.4 is 4.74 Å². The summed E-state index contributed by atoms with van der Waals surface area (Å²) in [7, 11) is 1.59. The minimum atomic E-state index is -0.951. The number of ether oxygens (including phenoxy) is 1. The lowest BCUT2D eigenvalue weighted by Gasteiger charge is -2.29. The molecule has 1 aliphatic carbocycles. The van der Waals surface area contributed by atoms with E-state index in [1.807, 2.05) is 0 Å². The van der Waals surface area contributed by atoms with Crippen LogP contribution in [0.3, 0.4) is 0 Å². The molecule has 18 heavy (non-hydrogen) atoms. The van der Waals surface area contributed by atoms with Crippen molar-refractivity contribution in [3.63, 3.8) is 0 Å². The molecular formula is C14H19ClO3. The summed E-state index contributed by atoms with van der Waals surface area (Å²) in [6, 6.07) is 5.31. The fourth-order valence-electron chi connectivity index (χ4n) is 2.63. The molecule has 0 amide bonds. The van der Waals surface area contributed by atoms with Crippen LogP contribution in [0.5, 0.6) is 5.75 Å². The summed E-state index contributed by atoms with van der Waals surface area (Å²) in [6.07, 6.45) is 2.86. The number of methoxy groups -OCH3 is 1. The van der Waals surface area contributed by atoms with Gasteiger partial charge in [-0.3, -0.25) is 0 Å². The number of hydrogen-bond donors (Lipinski definition) is 2. The van der Waals surface area contributed by atoms with E-state index in [2.05, 4.69) is 0 Å².